The molecule has 6 nitrogen and oxygen atoms in total. The molecule has 1 aromatic carbocycles. The lowest BCUT2D eigenvalue weighted by molar-refractivity contribution is 0.102. The third kappa shape index (κ3) is 3.81. The van der Waals surface area contributed by atoms with Crippen molar-refractivity contribution in [2.45, 2.75) is 37.9 Å². The fourth-order valence-corrected chi connectivity index (χ4v) is 4.86. The molecule has 5 rings (SSSR count). The normalized spacial score (nSPS) is 13.5. The van der Waals surface area contributed by atoms with Gasteiger partial charge in [0.2, 0.25) is 0 Å². The number of ketones is 1. The van der Waals surface area contributed by atoms with Crippen LogP contribution < -0.4 is 0 Å². The molecule has 0 aliphatic heterocycles. The zero-order chi connectivity index (χ0) is 21.4. The van der Waals surface area contributed by atoms with Crippen molar-refractivity contribution in [1.29, 1.82) is 0 Å². The highest BCUT2D eigenvalue weighted by atomic mass is 32.2. The Morgan fingerprint density at radius 3 is 2.52 bits per heavy atom. The summed E-state index contributed by atoms with van der Waals surface area (Å²) in [6.45, 7) is 4.14. The molecule has 0 N–H and O–H groups in total. The number of carbonyl (C=O) groups excluding carboxylic acids is 1. The van der Waals surface area contributed by atoms with Crippen molar-refractivity contribution < 1.29 is 4.79 Å². The van der Waals surface area contributed by atoms with Gasteiger partial charge >= 0.3 is 0 Å². The van der Waals surface area contributed by atoms with Crippen molar-refractivity contribution in [3.8, 4) is 17.1 Å². The molecule has 156 valence electrons. The van der Waals surface area contributed by atoms with Crippen LogP contribution in [0.2, 0.25) is 0 Å². The van der Waals surface area contributed by atoms with Crippen molar-refractivity contribution in [3.05, 3.63) is 77.9 Å². The van der Waals surface area contributed by atoms with Crippen LogP contribution in [-0.4, -0.2) is 35.9 Å². The summed E-state index contributed by atoms with van der Waals surface area (Å²) in [7, 11) is 0. The molecule has 0 radical (unpaired) electrons. The smallest absolute Gasteiger partial charge is 0.196 e. The molecule has 1 aliphatic carbocycles. The van der Waals surface area contributed by atoms with E-state index >= 15 is 0 Å². The second kappa shape index (κ2) is 8.15. The van der Waals surface area contributed by atoms with Gasteiger partial charge in [-0.15, -0.1) is 10.2 Å². The van der Waals surface area contributed by atoms with E-state index < -0.39 is 0 Å². The van der Waals surface area contributed by atoms with Gasteiger partial charge in [-0.1, -0.05) is 30.0 Å². The number of carbonyl (C=O) groups is 1. The first-order valence-electron chi connectivity index (χ1n) is 10.4. The van der Waals surface area contributed by atoms with E-state index in [1.807, 2.05) is 53.1 Å². The van der Waals surface area contributed by atoms with Crippen molar-refractivity contribution in [2.24, 2.45) is 0 Å². The van der Waals surface area contributed by atoms with Crippen LogP contribution in [0.4, 0.5) is 0 Å². The molecule has 0 bridgehead atoms. The Morgan fingerprint density at radius 1 is 1.06 bits per heavy atom. The standard InChI is InChI=1S/C24H23N5OS/c1-16-14-21(17(2)28(16)20-8-9-20)22(30)15-31-24-27-26-23(18-10-12-25-13-11-18)29(24)19-6-4-3-5-7-19/h3-7,10-14,20H,8-9,15H2,1-2H3. The van der Waals surface area contributed by atoms with Crippen molar-refractivity contribution in [3.63, 3.8) is 0 Å². The molecule has 7 heteroatoms. The monoisotopic (exact) mass is 429 g/mol. The third-order valence-corrected chi connectivity index (χ3v) is 6.54. The molecule has 4 aromatic rings. The number of hydrogen-bond donors (Lipinski definition) is 0. The molecular weight excluding hydrogens is 406 g/mol. The SMILES string of the molecule is Cc1cc(C(=O)CSc2nnc(-c3ccncc3)n2-c2ccccc2)c(C)n1C1CC1. The number of hydrogen-bond acceptors (Lipinski definition) is 5. The first-order valence-corrected chi connectivity index (χ1v) is 11.4. The average Bonchev–Trinajstić information content (AvgIpc) is 3.46. The Balaban J connectivity index is 1.44. The number of rotatable bonds is 7. The molecule has 0 saturated heterocycles. The van der Waals surface area contributed by atoms with Crippen molar-refractivity contribution >= 4 is 17.5 Å². The zero-order valence-electron chi connectivity index (χ0n) is 17.5. The fraction of sp³-hybridized carbons (Fsp3) is 0.250. The van der Waals surface area contributed by atoms with Crippen LogP contribution >= 0.6 is 11.8 Å². The molecule has 1 aliphatic rings. The molecule has 0 unspecified atom stereocenters. The van der Waals surface area contributed by atoms with E-state index in [0.29, 0.717) is 17.0 Å². The molecule has 31 heavy (non-hydrogen) atoms. The van der Waals surface area contributed by atoms with E-state index in [9.17, 15) is 4.79 Å². The largest absolute Gasteiger partial charge is 0.345 e. The number of Topliss-reactive ketones (excluding diaryl/α,β-unsaturated/α-hetero) is 1. The van der Waals surface area contributed by atoms with E-state index in [1.54, 1.807) is 12.4 Å². The van der Waals surface area contributed by atoms with Gasteiger partial charge in [0.1, 0.15) is 0 Å². The van der Waals surface area contributed by atoms with E-state index in [1.165, 1.54) is 30.3 Å². The van der Waals surface area contributed by atoms with Gasteiger partial charge < -0.3 is 4.57 Å². The molecule has 1 fully saturated rings. The minimum atomic E-state index is 0.123. The molecule has 0 amide bonds. The lowest BCUT2D eigenvalue weighted by Gasteiger charge is -2.10. The predicted octanol–water partition coefficient (Wildman–Crippen LogP) is 5.06. The van der Waals surface area contributed by atoms with Crippen LogP contribution in [0.25, 0.3) is 17.1 Å². The molecule has 0 spiro atoms. The lowest BCUT2D eigenvalue weighted by atomic mass is 10.2. The molecule has 3 aromatic heterocycles. The number of pyridine rings is 1. The van der Waals surface area contributed by atoms with Crippen LogP contribution in [0.3, 0.4) is 0 Å². The summed E-state index contributed by atoms with van der Waals surface area (Å²) >= 11 is 1.42. The van der Waals surface area contributed by atoms with Gasteiger partial charge in [-0.05, 0) is 57.0 Å². The van der Waals surface area contributed by atoms with E-state index in [0.717, 1.165) is 28.3 Å². The third-order valence-electron chi connectivity index (χ3n) is 5.62. The number of aryl methyl sites for hydroxylation is 1. The highest BCUT2D eigenvalue weighted by Gasteiger charge is 2.28. The quantitative estimate of drug-likeness (QED) is 0.304. The van der Waals surface area contributed by atoms with Gasteiger partial charge in [0.25, 0.3) is 0 Å². The molecule has 0 atom stereocenters. The number of aromatic nitrogens is 5. The van der Waals surface area contributed by atoms with Gasteiger partial charge in [0.15, 0.2) is 16.8 Å². The maximum atomic E-state index is 13.1. The summed E-state index contributed by atoms with van der Waals surface area (Å²) < 4.78 is 4.31. The number of benzene rings is 1. The van der Waals surface area contributed by atoms with Gasteiger partial charge in [0.05, 0.1) is 5.75 Å². The fourth-order valence-electron chi connectivity index (χ4n) is 4.02. The summed E-state index contributed by atoms with van der Waals surface area (Å²) in [4.78, 5) is 17.2. The highest BCUT2D eigenvalue weighted by Crippen LogP contribution is 2.38. The second-order valence-electron chi connectivity index (χ2n) is 7.81. The topological polar surface area (TPSA) is 65.6 Å². The van der Waals surface area contributed by atoms with Crippen LogP contribution in [0.15, 0.2) is 66.1 Å². The van der Waals surface area contributed by atoms with Gasteiger partial charge in [-0.3, -0.25) is 14.3 Å². The molecule has 1 saturated carbocycles. The van der Waals surface area contributed by atoms with E-state index in [4.69, 9.17) is 0 Å². The number of nitrogens with zero attached hydrogens (tertiary/aromatic N) is 5. The summed E-state index contributed by atoms with van der Waals surface area (Å²) in [5, 5.41) is 9.54. The predicted molar refractivity (Wildman–Crippen MR) is 122 cm³/mol. The maximum absolute atomic E-state index is 13.1. The van der Waals surface area contributed by atoms with E-state index in [-0.39, 0.29) is 5.78 Å². The Hall–Kier alpha value is -3.19. The highest BCUT2D eigenvalue weighted by molar-refractivity contribution is 7.99. The Bertz CT molecular complexity index is 1230. The van der Waals surface area contributed by atoms with Crippen LogP contribution in [-0.2, 0) is 0 Å². The number of para-hydroxylation sites is 1. The van der Waals surface area contributed by atoms with Gasteiger partial charge in [-0.25, -0.2) is 0 Å². The molecule has 3 heterocycles. The minimum Gasteiger partial charge on any atom is -0.345 e. The van der Waals surface area contributed by atoms with Crippen molar-refractivity contribution in [1.82, 2.24) is 24.3 Å². The average molecular weight is 430 g/mol. The van der Waals surface area contributed by atoms with Gasteiger partial charge in [-0.2, -0.15) is 0 Å². The van der Waals surface area contributed by atoms with Gasteiger partial charge in [0, 0.05) is 46.6 Å². The summed E-state index contributed by atoms with van der Waals surface area (Å²) in [6.07, 6.45) is 5.89. The second-order valence-corrected chi connectivity index (χ2v) is 8.75. The first-order chi connectivity index (χ1) is 15.1. The van der Waals surface area contributed by atoms with E-state index in [2.05, 4.69) is 33.6 Å². The van der Waals surface area contributed by atoms with Crippen LogP contribution in [0, 0.1) is 13.8 Å². The first kappa shape index (κ1) is 19.8. The zero-order valence-corrected chi connectivity index (χ0v) is 18.3. The Kier molecular flexibility index (Phi) is 5.19. The van der Waals surface area contributed by atoms with Crippen molar-refractivity contribution in [2.75, 3.05) is 5.75 Å². The summed E-state index contributed by atoms with van der Waals surface area (Å²) in [5.74, 6) is 1.17. The minimum absolute atomic E-state index is 0.123. The Morgan fingerprint density at radius 2 is 1.81 bits per heavy atom. The summed E-state index contributed by atoms with van der Waals surface area (Å²) in [6, 6.07) is 16.4. The maximum Gasteiger partial charge on any atom is 0.196 e. The van der Waals surface area contributed by atoms with Crippen LogP contribution in [0.5, 0.6) is 0 Å². The lowest BCUT2D eigenvalue weighted by Crippen LogP contribution is -2.07. The molecular formula is C24H23N5OS. The number of thioether (sulfide) groups is 1. The van der Waals surface area contributed by atoms with Crippen LogP contribution in [0.1, 0.15) is 40.6 Å². The summed E-state index contributed by atoms with van der Waals surface area (Å²) in [5.41, 5.74) is 4.95. The Labute approximate surface area is 185 Å².